The van der Waals surface area contributed by atoms with Crippen LogP contribution in [0.25, 0.3) is 11.0 Å². The van der Waals surface area contributed by atoms with E-state index < -0.39 is 11.7 Å². The number of carbonyl (C=O) groups excluding carboxylic acids is 2. The number of nitrogens with one attached hydrogen (secondary N) is 1. The second-order valence-electron chi connectivity index (χ2n) is 10.3. The number of benzene rings is 1. The molecule has 2 aromatic heterocycles. The predicted octanol–water partition coefficient (Wildman–Crippen LogP) is 5.33. The van der Waals surface area contributed by atoms with Gasteiger partial charge in [-0.3, -0.25) is 10.00 Å². The van der Waals surface area contributed by atoms with Crippen LogP contribution in [0.15, 0.2) is 36.4 Å². The van der Waals surface area contributed by atoms with Crippen LogP contribution in [-0.4, -0.2) is 54.7 Å². The molecule has 0 aliphatic carbocycles. The summed E-state index contributed by atoms with van der Waals surface area (Å²) in [4.78, 5) is 27.2. The van der Waals surface area contributed by atoms with E-state index >= 15 is 0 Å². The van der Waals surface area contributed by atoms with Gasteiger partial charge in [0.15, 0.2) is 16.5 Å². The maximum absolute atomic E-state index is 13.0. The normalized spacial score (nSPS) is 21.4. The lowest BCUT2D eigenvalue weighted by atomic mass is 9.98. The Kier molecular flexibility index (Phi) is 6.46. The van der Waals surface area contributed by atoms with Crippen LogP contribution in [0.1, 0.15) is 58.1 Å². The molecule has 1 N–H and O–H groups in total. The van der Waals surface area contributed by atoms with Crippen molar-refractivity contribution in [1.82, 2.24) is 24.9 Å². The zero-order valence-electron chi connectivity index (χ0n) is 20.5. The van der Waals surface area contributed by atoms with Gasteiger partial charge in [-0.1, -0.05) is 41.9 Å². The van der Waals surface area contributed by atoms with Gasteiger partial charge >= 0.3 is 12.2 Å². The highest BCUT2D eigenvalue weighted by Gasteiger charge is 2.45. The van der Waals surface area contributed by atoms with Crippen molar-refractivity contribution in [2.75, 3.05) is 5.32 Å². The van der Waals surface area contributed by atoms with Crippen molar-refractivity contribution in [3.63, 3.8) is 0 Å². The van der Waals surface area contributed by atoms with Crippen LogP contribution < -0.4 is 5.32 Å². The van der Waals surface area contributed by atoms with Crippen molar-refractivity contribution in [3.05, 3.63) is 47.1 Å². The molecule has 2 fully saturated rings. The fourth-order valence-electron chi connectivity index (χ4n) is 5.11. The third kappa shape index (κ3) is 5.09. The summed E-state index contributed by atoms with van der Waals surface area (Å²) >= 11 is 6.16. The smallest absolute Gasteiger partial charge is 0.413 e. The molecule has 2 bridgehead atoms. The molecule has 1 aromatic carbocycles. The van der Waals surface area contributed by atoms with Crippen molar-refractivity contribution in [1.29, 1.82) is 0 Å². The van der Waals surface area contributed by atoms with Gasteiger partial charge < -0.3 is 14.4 Å². The summed E-state index contributed by atoms with van der Waals surface area (Å²) in [6.07, 6.45) is 2.33. The van der Waals surface area contributed by atoms with Crippen molar-refractivity contribution < 1.29 is 19.1 Å². The molecule has 10 nitrogen and oxygen atoms in total. The molecule has 2 unspecified atom stereocenters. The number of hydrogen-bond acceptors (Lipinski definition) is 7. The highest BCUT2D eigenvalue weighted by atomic mass is 35.5. The molecular formula is C25H29ClN6O4. The number of aromatic nitrogens is 4. The van der Waals surface area contributed by atoms with Gasteiger partial charge in [-0.25, -0.2) is 9.59 Å². The first-order valence-electron chi connectivity index (χ1n) is 12.1. The number of anilines is 1. The van der Waals surface area contributed by atoms with Crippen LogP contribution in [0.5, 0.6) is 0 Å². The van der Waals surface area contributed by atoms with Gasteiger partial charge in [0, 0.05) is 18.2 Å². The summed E-state index contributed by atoms with van der Waals surface area (Å²) < 4.78 is 12.9. The third-order valence-electron chi connectivity index (χ3n) is 6.51. The SMILES string of the molecule is CC(C)(C)OC(=O)Nc1nn(C2CC3CCC(C2)N3C(=O)OCc2ccccc2)c2cc(Cl)nnc12. The second kappa shape index (κ2) is 9.57. The summed E-state index contributed by atoms with van der Waals surface area (Å²) in [5.41, 5.74) is 1.41. The van der Waals surface area contributed by atoms with Gasteiger partial charge in [0.05, 0.1) is 11.6 Å². The van der Waals surface area contributed by atoms with E-state index in [4.69, 9.17) is 21.1 Å². The number of ether oxygens (including phenoxy) is 2. The maximum atomic E-state index is 13.0. The monoisotopic (exact) mass is 512 g/mol. The summed E-state index contributed by atoms with van der Waals surface area (Å²) in [5.74, 6) is 0.264. The van der Waals surface area contributed by atoms with Gasteiger partial charge in [-0.2, -0.15) is 5.10 Å². The average Bonchev–Trinajstić information content (AvgIpc) is 3.30. The molecular weight excluding hydrogens is 484 g/mol. The number of amides is 2. The zero-order chi connectivity index (χ0) is 25.4. The number of fused-ring (bicyclic) bond motifs is 3. The van der Waals surface area contributed by atoms with E-state index in [9.17, 15) is 9.59 Å². The molecule has 2 aliphatic heterocycles. The van der Waals surface area contributed by atoms with Gasteiger partial charge in [-0.15, -0.1) is 10.2 Å². The van der Waals surface area contributed by atoms with E-state index in [0.717, 1.165) is 18.4 Å². The number of hydrogen-bond donors (Lipinski definition) is 1. The number of piperidine rings is 1. The molecule has 4 heterocycles. The standard InChI is InChI=1S/C25H29ClN6O4/c1-25(2,3)36-23(33)27-22-21-19(13-20(26)28-29-21)32(30-22)18-11-16-9-10-17(12-18)31(16)24(34)35-14-15-7-5-4-6-8-15/h4-8,13,16-18H,9-12,14H2,1-3H3,(H,27,30,33). The molecule has 0 spiro atoms. The first-order valence-corrected chi connectivity index (χ1v) is 12.5. The molecule has 36 heavy (non-hydrogen) atoms. The van der Waals surface area contributed by atoms with Crippen LogP contribution in [0.3, 0.4) is 0 Å². The minimum absolute atomic E-state index is 0.00220. The first-order chi connectivity index (χ1) is 17.2. The Balaban J connectivity index is 1.34. The van der Waals surface area contributed by atoms with Crippen LogP contribution >= 0.6 is 11.6 Å². The van der Waals surface area contributed by atoms with Gasteiger partial charge in [0.2, 0.25) is 0 Å². The first kappa shape index (κ1) is 24.3. The lowest BCUT2D eigenvalue weighted by Crippen LogP contribution is -2.47. The highest BCUT2D eigenvalue weighted by Crippen LogP contribution is 2.42. The van der Waals surface area contributed by atoms with Crippen LogP contribution in [0.4, 0.5) is 15.4 Å². The predicted molar refractivity (Wildman–Crippen MR) is 134 cm³/mol. The van der Waals surface area contributed by atoms with E-state index in [2.05, 4.69) is 20.6 Å². The van der Waals surface area contributed by atoms with Crippen LogP contribution in [-0.2, 0) is 16.1 Å². The molecule has 2 atom stereocenters. The Morgan fingerprint density at radius 1 is 1.08 bits per heavy atom. The maximum Gasteiger partial charge on any atom is 0.413 e. The molecule has 5 rings (SSSR count). The summed E-state index contributed by atoms with van der Waals surface area (Å²) in [5, 5.41) is 15.7. The molecule has 2 aliphatic rings. The molecule has 2 amide bonds. The van der Waals surface area contributed by atoms with E-state index in [1.165, 1.54) is 0 Å². The molecule has 190 valence electrons. The van der Waals surface area contributed by atoms with Crippen molar-refractivity contribution in [2.45, 2.75) is 76.8 Å². The number of carbonyl (C=O) groups is 2. The Bertz CT molecular complexity index is 1260. The fourth-order valence-corrected chi connectivity index (χ4v) is 5.26. The van der Waals surface area contributed by atoms with E-state index in [1.54, 1.807) is 26.8 Å². The van der Waals surface area contributed by atoms with E-state index in [0.29, 0.717) is 23.9 Å². The minimum atomic E-state index is -0.654. The molecule has 3 aromatic rings. The topological polar surface area (TPSA) is 111 Å². The van der Waals surface area contributed by atoms with Gasteiger partial charge in [0.25, 0.3) is 0 Å². The molecule has 11 heteroatoms. The number of rotatable bonds is 4. The highest BCUT2D eigenvalue weighted by molar-refractivity contribution is 6.29. The Morgan fingerprint density at radius 3 is 2.44 bits per heavy atom. The summed E-state index contributed by atoms with van der Waals surface area (Å²) in [6, 6.07) is 11.4. The van der Waals surface area contributed by atoms with Crippen LogP contribution in [0.2, 0.25) is 5.15 Å². The molecule has 2 saturated heterocycles. The fraction of sp³-hybridized carbons (Fsp3) is 0.480. The molecule has 0 saturated carbocycles. The summed E-state index contributed by atoms with van der Waals surface area (Å²) in [6.45, 7) is 5.62. The van der Waals surface area contributed by atoms with Crippen molar-refractivity contribution in [3.8, 4) is 0 Å². The van der Waals surface area contributed by atoms with E-state index in [1.807, 2.05) is 39.9 Å². The lowest BCUT2D eigenvalue weighted by Gasteiger charge is -2.38. The second-order valence-corrected chi connectivity index (χ2v) is 10.7. The quantitative estimate of drug-likeness (QED) is 0.502. The van der Waals surface area contributed by atoms with Crippen molar-refractivity contribution in [2.24, 2.45) is 0 Å². The summed E-state index contributed by atoms with van der Waals surface area (Å²) in [7, 11) is 0. The average molecular weight is 513 g/mol. The van der Waals surface area contributed by atoms with Gasteiger partial charge in [-0.05, 0) is 52.0 Å². The number of nitrogens with zero attached hydrogens (tertiary/aromatic N) is 5. The Morgan fingerprint density at radius 2 is 1.78 bits per heavy atom. The molecule has 0 radical (unpaired) electrons. The third-order valence-corrected chi connectivity index (χ3v) is 6.70. The Hall–Kier alpha value is -3.40. The minimum Gasteiger partial charge on any atom is -0.445 e. The lowest BCUT2D eigenvalue weighted by molar-refractivity contribution is 0.0534. The zero-order valence-corrected chi connectivity index (χ0v) is 21.2. The number of halogens is 1. The van der Waals surface area contributed by atoms with Gasteiger partial charge in [0.1, 0.15) is 12.2 Å². The van der Waals surface area contributed by atoms with E-state index in [-0.39, 0.29) is 41.8 Å². The largest absolute Gasteiger partial charge is 0.445 e. The Labute approximate surface area is 213 Å². The van der Waals surface area contributed by atoms with Crippen molar-refractivity contribution >= 4 is 40.6 Å². The van der Waals surface area contributed by atoms with Crippen LogP contribution in [0, 0.1) is 0 Å².